The minimum Gasteiger partial charge on any atom is -0.490 e. The molecule has 3 aromatic heterocycles. The Balaban J connectivity index is 0.731. The van der Waals surface area contributed by atoms with E-state index in [9.17, 15) is 19.2 Å². The van der Waals surface area contributed by atoms with Gasteiger partial charge in [0.15, 0.2) is 10.8 Å². The number of thiazole rings is 1. The van der Waals surface area contributed by atoms with Gasteiger partial charge in [0.2, 0.25) is 11.8 Å². The molecule has 2 N–H and O–H groups in total. The highest BCUT2D eigenvalue weighted by atomic mass is 32.1. The smallest absolute Gasteiger partial charge is 0.420 e. The summed E-state index contributed by atoms with van der Waals surface area (Å²) in [5, 5.41) is 11.6. The quantitative estimate of drug-likeness (QED) is 0.0831. The monoisotopic (exact) mass is 1100 g/mol. The molecule has 1 atom stereocenters. The number of pyridine rings is 1. The lowest BCUT2D eigenvalue weighted by atomic mass is 9.84. The van der Waals surface area contributed by atoms with Gasteiger partial charge in [0.1, 0.15) is 22.7 Å². The Labute approximate surface area is 460 Å². The maximum atomic E-state index is 15.5. The van der Waals surface area contributed by atoms with Crippen LogP contribution in [-0.4, -0.2) is 99.3 Å². The topological polar surface area (TPSA) is 164 Å². The van der Waals surface area contributed by atoms with Crippen LogP contribution in [0.1, 0.15) is 121 Å². The largest absolute Gasteiger partial charge is 0.490 e. The number of nitrogens with zero attached hydrogens (tertiary/aromatic N) is 7. The molecule has 4 aromatic carbocycles. The van der Waals surface area contributed by atoms with Crippen molar-refractivity contribution in [1.82, 2.24) is 30.0 Å². The number of hydrogen-bond donors (Lipinski definition) is 2. The second-order valence-electron chi connectivity index (χ2n) is 22.2. The van der Waals surface area contributed by atoms with E-state index in [0.717, 1.165) is 96.3 Å². The third kappa shape index (κ3) is 11.6. The molecule has 3 amide bonds. The van der Waals surface area contributed by atoms with Crippen molar-refractivity contribution in [2.45, 2.75) is 109 Å². The van der Waals surface area contributed by atoms with E-state index in [2.05, 4.69) is 31.5 Å². The minimum atomic E-state index is -4.84. The highest BCUT2D eigenvalue weighted by Crippen LogP contribution is 2.46. The molecule has 3 fully saturated rings. The molecular weight excluding hydrogens is 1030 g/mol. The van der Waals surface area contributed by atoms with Gasteiger partial charge >= 0.3 is 12.1 Å². The number of halogens is 3. The van der Waals surface area contributed by atoms with Gasteiger partial charge in [0.05, 0.1) is 39.1 Å². The van der Waals surface area contributed by atoms with Crippen LogP contribution in [0.4, 0.5) is 29.8 Å². The van der Waals surface area contributed by atoms with Crippen molar-refractivity contribution >= 4 is 72.8 Å². The fraction of sp³-hybridized carbons (Fsp3) is 0.417. The van der Waals surface area contributed by atoms with Crippen LogP contribution < -0.4 is 25.2 Å². The molecular formula is C60H64F3N9O6S. The number of amides is 3. The molecule has 7 aromatic rings. The number of aromatic nitrogens is 4. The summed E-state index contributed by atoms with van der Waals surface area (Å²) in [6, 6.07) is 26.7. The second kappa shape index (κ2) is 22.0. The SMILES string of the molecule is Cn1nc(C2CCC(=O)NC2=O)c2cccc(N3CCN(CCCC4CCC(Oc5cccc(-c6ccc(N7CCc8cccc(C(=O)Nc9nc%10ccccc%10s9)c8C7)nc6C(=O)OC(C)(C)C)c5C(F)(F)F)CC4)CC3)c21. The van der Waals surface area contributed by atoms with E-state index in [1.54, 1.807) is 32.9 Å². The van der Waals surface area contributed by atoms with Crippen LogP contribution in [0, 0.1) is 5.92 Å². The summed E-state index contributed by atoms with van der Waals surface area (Å²) in [6.45, 7) is 10.3. The third-order valence-electron chi connectivity index (χ3n) is 15.8. The molecule has 1 unspecified atom stereocenters. The average molecular weight is 1100 g/mol. The molecule has 15 nitrogen and oxygen atoms in total. The van der Waals surface area contributed by atoms with E-state index in [-0.39, 0.29) is 46.8 Å². The molecule has 1 saturated carbocycles. The summed E-state index contributed by atoms with van der Waals surface area (Å²) in [5.41, 5.74) is 3.34. The molecule has 0 spiro atoms. The first-order valence-electron chi connectivity index (χ1n) is 27.3. The number of benzene rings is 4. The Hall–Kier alpha value is -7.38. The van der Waals surface area contributed by atoms with Gasteiger partial charge in [0, 0.05) is 74.8 Å². The van der Waals surface area contributed by atoms with E-state index in [1.165, 1.54) is 35.6 Å². The lowest BCUT2D eigenvalue weighted by Gasteiger charge is -2.37. The number of ether oxygens (including phenoxy) is 2. The molecule has 2 saturated heterocycles. The number of carbonyl (C=O) groups excluding carboxylic acids is 4. The van der Waals surface area contributed by atoms with Crippen LogP contribution in [-0.2, 0) is 40.5 Å². The first kappa shape index (κ1) is 53.6. The van der Waals surface area contributed by atoms with Crippen LogP contribution >= 0.6 is 11.3 Å². The molecule has 6 heterocycles. The normalized spacial score (nSPS) is 19.4. The summed E-state index contributed by atoms with van der Waals surface area (Å²) in [7, 11) is 1.90. The molecule has 4 aliphatic rings. The van der Waals surface area contributed by atoms with Crippen molar-refractivity contribution in [3.63, 3.8) is 0 Å². The number of piperidine rings is 1. The molecule has 412 valence electrons. The Bertz CT molecular complexity index is 3430. The highest BCUT2D eigenvalue weighted by molar-refractivity contribution is 7.22. The van der Waals surface area contributed by atoms with Gasteiger partial charge in [-0.25, -0.2) is 14.8 Å². The minimum absolute atomic E-state index is 0.0272. The summed E-state index contributed by atoms with van der Waals surface area (Å²) < 4.78 is 61.4. The number of piperazine rings is 1. The average Bonchev–Trinajstić information content (AvgIpc) is 4.08. The van der Waals surface area contributed by atoms with Crippen LogP contribution in [0.2, 0.25) is 0 Å². The summed E-state index contributed by atoms with van der Waals surface area (Å²) in [6.07, 6.45) is 1.03. The van der Waals surface area contributed by atoms with Gasteiger partial charge in [0.25, 0.3) is 5.91 Å². The number of fused-ring (bicyclic) bond motifs is 3. The Morgan fingerprint density at radius 1 is 0.810 bits per heavy atom. The predicted molar refractivity (Wildman–Crippen MR) is 299 cm³/mol. The van der Waals surface area contributed by atoms with Crippen LogP contribution in [0.5, 0.6) is 5.75 Å². The molecule has 0 bridgehead atoms. The molecule has 19 heteroatoms. The first-order valence-corrected chi connectivity index (χ1v) is 28.2. The van der Waals surface area contributed by atoms with Crippen molar-refractivity contribution in [2.24, 2.45) is 13.0 Å². The van der Waals surface area contributed by atoms with E-state index in [0.29, 0.717) is 66.8 Å². The number of aryl methyl sites for hydroxylation is 1. The highest BCUT2D eigenvalue weighted by Gasteiger charge is 2.40. The maximum Gasteiger partial charge on any atom is 0.420 e. The zero-order valence-corrected chi connectivity index (χ0v) is 45.6. The number of alkyl halides is 3. The molecule has 11 rings (SSSR count). The predicted octanol–water partition coefficient (Wildman–Crippen LogP) is 11.1. The molecule has 1 aliphatic carbocycles. The van der Waals surface area contributed by atoms with Crippen molar-refractivity contribution in [1.29, 1.82) is 0 Å². The Kier molecular flexibility index (Phi) is 15.0. The van der Waals surface area contributed by atoms with Gasteiger partial charge < -0.3 is 19.3 Å². The Morgan fingerprint density at radius 3 is 2.34 bits per heavy atom. The number of imide groups is 1. The van der Waals surface area contributed by atoms with Gasteiger partial charge in [-0.05, 0) is 138 Å². The van der Waals surface area contributed by atoms with E-state index >= 15 is 13.2 Å². The van der Waals surface area contributed by atoms with Gasteiger partial charge in [-0.2, -0.15) is 18.3 Å². The standard InChI is InChI=1S/C60H64F3N9O6S/c1-59(2,3)78-57(76)53-40(24-26-49(65-53)72-30-28-37-12-7-14-41(44(37)35-72)55(74)67-58-64-45-16-5-6-19-48(45)79-58)39-13-9-18-47(51(39)60(61,62)63)77-38-22-20-36(21-23-38)11-10-29-70-31-33-71(34-32-70)46-17-8-15-42-52(68-69(4)54(42)46)43-25-27-50(73)66-56(43)75/h5-9,12-19,24,26,36,38,43H,10-11,20-23,25,27-35H2,1-4H3,(H,64,67,74)(H,66,73,75). The zero-order chi connectivity index (χ0) is 55.2. The maximum absolute atomic E-state index is 15.5. The van der Waals surface area contributed by atoms with E-state index in [4.69, 9.17) is 19.6 Å². The number of anilines is 3. The number of rotatable bonds is 13. The molecule has 79 heavy (non-hydrogen) atoms. The number of para-hydroxylation sites is 2. The van der Waals surface area contributed by atoms with Crippen molar-refractivity contribution < 1.29 is 41.8 Å². The fourth-order valence-corrected chi connectivity index (χ4v) is 12.8. The number of hydrogen-bond acceptors (Lipinski definition) is 13. The summed E-state index contributed by atoms with van der Waals surface area (Å²) >= 11 is 1.38. The first-order chi connectivity index (χ1) is 37.9. The van der Waals surface area contributed by atoms with Gasteiger partial charge in [-0.3, -0.25) is 34.6 Å². The fourth-order valence-electron chi connectivity index (χ4n) is 11.9. The third-order valence-corrected chi connectivity index (χ3v) is 16.7. The lowest BCUT2D eigenvalue weighted by Crippen LogP contribution is -2.46. The lowest BCUT2D eigenvalue weighted by molar-refractivity contribution is -0.139. The van der Waals surface area contributed by atoms with Crippen molar-refractivity contribution in [3.8, 4) is 16.9 Å². The van der Waals surface area contributed by atoms with Crippen molar-refractivity contribution in [2.75, 3.05) is 54.4 Å². The van der Waals surface area contributed by atoms with Gasteiger partial charge in [-0.15, -0.1) is 0 Å². The van der Waals surface area contributed by atoms with Gasteiger partial charge in [-0.1, -0.05) is 59.9 Å². The van der Waals surface area contributed by atoms with Crippen molar-refractivity contribution in [3.05, 3.63) is 125 Å². The van der Waals surface area contributed by atoms with Crippen LogP contribution in [0.15, 0.2) is 91.0 Å². The number of esters is 1. The van der Waals surface area contributed by atoms with Crippen LogP contribution in [0.25, 0.3) is 32.2 Å². The summed E-state index contributed by atoms with van der Waals surface area (Å²) in [4.78, 5) is 68.6. The number of carbonyl (C=O) groups is 4. The van der Waals surface area contributed by atoms with E-state index in [1.807, 2.05) is 65.2 Å². The number of nitrogens with one attached hydrogen (secondary N) is 2. The molecule has 0 radical (unpaired) electrons. The Morgan fingerprint density at radius 2 is 1.58 bits per heavy atom. The van der Waals surface area contributed by atoms with Crippen LogP contribution in [0.3, 0.4) is 0 Å². The zero-order valence-electron chi connectivity index (χ0n) is 44.8. The second-order valence-corrected chi connectivity index (χ2v) is 23.2. The molecule has 3 aliphatic heterocycles. The summed E-state index contributed by atoms with van der Waals surface area (Å²) in [5.74, 6) is -1.66. The van der Waals surface area contributed by atoms with E-state index < -0.39 is 35.3 Å².